The molecular weight excluding hydrogens is 294 g/mol. The highest BCUT2D eigenvalue weighted by atomic mass is 32.2. The maximum absolute atomic E-state index is 11.9. The van der Waals surface area contributed by atoms with Gasteiger partial charge in [0.2, 0.25) is 0 Å². The molecule has 0 heterocycles. The van der Waals surface area contributed by atoms with Crippen molar-refractivity contribution in [2.45, 2.75) is 18.2 Å². The van der Waals surface area contributed by atoms with Crippen LogP contribution in [0, 0.1) is 17.0 Å². The number of aryl methyl sites for hydroxylation is 1. The molecule has 110 valence electrons. The second-order valence-electron chi connectivity index (χ2n) is 4.53. The van der Waals surface area contributed by atoms with Gasteiger partial charge in [0.05, 0.1) is 4.90 Å². The van der Waals surface area contributed by atoms with Gasteiger partial charge >= 0.3 is 15.2 Å². The van der Waals surface area contributed by atoms with E-state index in [0.717, 1.165) is 11.1 Å². The van der Waals surface area contributed by atoms with Crippen LogP contribution in [0.1, 0.15) is 16.7 Å². The van der Waals surface area contributed by atoms with Gasteiger partial charge in [0.15, 0.2) is 0 Å². The van der Waals surface area contributed by atoms with Gasteiger partial charge in [-0.05, 0) is 30.5 Å². The molecule has 2 aromatic carbocycles. The van der Waals surface area contributed by atoms with E-state index < -0.39 is 15.2 Å². The van der Waals surface area contributed by atoms with Crippen LogP contribution in [0.15, 0.2) is 53.4 Å². The Balaban J connectivity index is 2.45. The van der Waals surface area contributed by atoms with E-state index in [-0.39, 0.29) is 4.90 Å². The molecule has 0 spiro atoms. The third-order valence-corrected chi connectivity index (χ3v) is 4.14. The normalized spacial score (nSPS) is 11.1. The van der Waals surface area contributed by atoms with Crippen molar-refractivity contribution in [3.05, 3.63) is 75.3 Å². The van der Waals surface area contributed by atoms with Crippen LogP contribution < -0.4 is 0 Å². The van der Waals surface area contributed by atoms with Crippen molar-refractivity contribution < 1.29 is 17.8 Å². The Kier molecular flexibility index (Phi) is 4.23. The van der Waals surface area contributed by atoms with E-state index >= 15 is 0 Å². The quantitative estimate of drug-likeness (QED) is 0.625. The van der Waals surface area contributed by atoms with Crippen molar-refractivity contribution in [3.63, 3.8) is 0 Å². The number of nitrogens with zero attached hydrogens (tertiary/aromatic N) is 1. The summed E-state index contributed by atoms with van der Waals surface area (Å²) in [6, 6.07) is 13.8. The Labute approximate surface area is 122 Å². The summed E-state index contributed by atoms with van der Waals surface area (Å²) in [6.45, 7) is 1.82. The Morgan fingerprint density at radius 2 is 1.81 bits per heavy atom. The van der Waals surface area contributed by atoms with Gasteiger partial charge in [-0.15, -0.1) is 10.1 Å². The zero-order valence-electron chi connectivity index (χ0n) is 11.2. The third kappa shape index (κ3) is 3.79. The average molecular weight is 307 g/mol. The molecule has 0 aliphatic carbocycles. The zero-order valence-corrected chi connectivity index (χ0v) is 12.0. The predicted molar refractivity (Wildman–Crippen MR) is 75.7 cm³/mol. The van der Waals surface area contributed by atoms with E-state index in [1.807, 2.05) is 37.3 Å². The number of hydrogen-bond acceptors (Lipinski definition) is 5. The second-order valence-corrected chi connectivity index (χ2v) is 6.02. The van der Waals surface area contributed by atoms with Crippen LogP contribution in [0.25, 0.3) is 0 Å². The molecule has 0 amide bonds. The van der Waals surface area contributed by atoms with Crippen LogP contribution in [0.4, 0.5) is 0 Å². The molecule has 0 fully saturated rings. The molecule has 0 aromatic heterocycles. The van der Waals surface area contributed by atoms with Crippen molar-refractivity contribution in [3.8, 4) is 0 Å². The molecule has 7 heteroatoms. The number of benzene rings is 2. The van der Waals surface area contributed by atoms with E-state index in [4.69, 9.17) is 0 Å². The first-order chi connectivity index (χ1) is 9.88. The molecule has 0 atom stereocenters. The van der Waals surface area contributed by atoms with Crippen LogP contribution in [-0.4, -0.2) is 13.5 Å². The molecule has 0 unspecified atom stereocenters. The Morgan fingerprint density at radius 1 is 1.14 bits per heavy atom. The minimum atomic E-state index is -4.43. The summed E-state index contributed by atoms with van der Waals surface area (Å²) in [4.78, 5) is 10.1. The number of hydrogen-bond donors (Lipinski definition) is 0. The van der Waals surface area contributed by atoms with Gasteiger partial charge in [-0.2, -0.15) is 12.7 Å². The third-order valence-electron chi connectivity index (χ3n) is 2.88. The van der Waals surface area contributed by atoms with Crippen molar-refractivity contribution in [1.82, 2.24) is 0 Å². The standard InChI is InChI=1S/C14H13NO5S/c1-11-7-8-14(21(18,19)20-15(16)17)13(9-11)10-12-5-3-2-4-6-12/h2-9H,10H2,1H3. The molecule has 0 saturated heterocycles. The maximum Gasteiger partial charge on any atom is 0.334 e. The monoisotopic (exact) mass is 307 g/mol. The lowest BCUT2D eigenvalue weighted by molar-refractivity contribution is -0.711. The molecular formula is C14H13NO5S. The lowest BCUT2D eigenvalue weighted by atomic mass is 10.0. The largest absolute Gasteiger partial charge is 0.334 e. The van der Waals surface area contributed by atoms with Gasteiger partial charge in [-0.25, -0.2) is 0 Å². The summed E-state index contributed by atoms with van der Waals surface area (Å²) < 4.78 is 27.6. The smallest absolute Gasteiger partial charge is 0.196 e. The van der Waals surface area contributed by atoms with Crippen LogP contribution in [0.3, 0.4) is 0 Å². The van der Waals surface area contributed by atoms with Crippen molar-refractivity contribution in [2.75, 3.05) is 0 Å². The van der Waals surface area contributed by atoms with Crippen molar-refractivity contribution >= 4 is 10.1 Å². The van der Waals surface area contributed by atoms with Crippen LogP contribution >= 0.6 is 0 Å². The first-order valence-corrected chi connectivity index (χ1v) is 7.52. The molecule has 0 aliphatic heterocycles. The highest BCUT2D eigenvalue weighted by molar-refractivity contribution is 7.86. The summed E-state index contributed by atoms with van der Waals surface area (Å²) in [5.74, 6) is 0. The molecule has 0 aliphatic rings. The summed E-state index contributed by atoms with van der Waals surface area (Å²) >= 11 is 0. The second kappa shape index (κ2) is 5.92. The Bertz CT molecular complexity index is 756. The van der Waals surface area contributed by atoms with Gasteiger partial charge in [0, 0.05) is 0 Å². The van der Waals surface area contributed by atoms with Gasteiger partial charge in [-0.3, -0.25) is 0 Å². The molecule has 2 rings (SSSR count). The molecule has 0 bridgehead atoms. The van der Waals surface area contributed by atoms with E-state index in [0.29, 0.717) is 12.0 Å². The van der Waals surface area contributed by atoms with Gasteiger partial charge < -0.3 is 0 Å². The summed E-state index contributed by atoms with van der Waals surface area (Å²) in [6.07, 6.45) is 0.345. The molecule has 0 N–H and O–H groups in total. The van der Waals surface area contributed by atoms with Gasteiger partial charge in [0.1, 0.15) is 0 Å². The summed E-state index contributed by atoms with van der Waals surface area (Å²) in [5.41, 5.74) is 2.23. The fourth-order valence-corrected chi connectivity index (χ4v) is 2.95. The van der Waals surface area contributed by atoms with Crippen molar-refractivity contribution in [2.24, 2.45) is 0 Å². The summed E-state index contributed by atoms with van der Waals surface area (Å²) in [7, 11) is -4.43. The minimum Gasteiger partial charge on any atom is -0.196 e. The molecule has 21 heavy (non-hydrogen) atoms. The maximum atomic E-state index is 11.9. The van der Waals surface area contributed by atoms with E-state index in [9.17, 15) is 18.5 Å². The molecule has 6 nitrogen and oxygen atoms in total. The molecule has 2 aromatic rings. The lowest BCUT2D eigenvalue weighted by Gasteiger charge is -2.10. The Hall–Kier alpha value is -2.41. The van der Waals surface area contributed by atoms with Crippen LogP contribution in [-0.2, 0) is 20.8 Å². The zero-order chi connectivity index (χ0) is 15.5. The first-order valence-electron chi connectivity index (χ1n) is 6.11. The molecule has 0 radical (unpaired) electrons. The van der Waals surface area contributed by atoms with Gasteiger partial charge in [0.25, 0.3) is 0 Å². The molecule has 0 saturated carbocycles. The number of rotatable bonds is 5. The van der Waals surface area contributed by atoms with Crippen molar-refractivity contribution in [1.29, 1.82) is 0 Å². The Morgan fingerprint density at radius 3 is 2.43 bits per heavy atom. The topological polar surface area (TPSA) is 86.5 Å². The van der Waals surface area contributed by atoms with E-state index in [2.05, 4.69) is 4.28 Å². The highest BCUT2D eigenvalue weighted by Crippen LogP contribution is 2.22. The lowest BCUT2D eigenvalue weighted by Crippen LogP contribution is -2.13. The highest BCUT2D eigenvalue weighted by Gasteiger charge is 2.23. The fourth-order valence-electron chi connectivity index (χ4n) is 2.03. The SMILES string of the molecule is Cc1ccc(S(=O)(=O)O[N+](=O)[O-])c(Cc2ccccc2)c1. The van der Waals surface area contributed by atoms with E-state index in [1.165, 1.54) is 6.07 Å². The van der Waals surface area contributed by atoms with Crippen LogP contribution in [0.5, 0.6) is 0 Å². The summed E-state index contributed by atoms with van der Waals surface area (Å²) in [5, 5.41) is 9.01. The minimum absolute atomic E-state index is 0.186. The predicted octanol–water partition coefficient (Wildman–Crippen LogP) is 2.48. The fraction of sp³-hybridized carbons (Fsp3) is 0.143. The van der Waals surface area contributed by atoms with E-state index in [1.54, 1.807) is 12.1 Å². The average Bonchev–Trinajstić information content (AvgIpc) is 2.38. The van der Waals surface area contributed by atoms with Gasteiger partial charge in [-0.1, -0.05) is 48.0 Å². The first kappa shape index (κ1) is 15.0. The van der Waals surface area contributed by atoms with Crippen LogP contribution in [0.2, 0.25) is 0 Å².